The summed E-state index contributed by atoms with van der Waals surface area (Å²) in [5.74, 6) is 1.68. The Balaban J connectivity index is 2.00. The molecule has 0 radical (unpaired) electrons. The molecule has 1 fully saturated rings. The fourth-order valence-electron chi connectivity index (χ4n) is 2.80. The third-order valence-corrected chi connectivity index (χ3v) is 3.61. The predicted molar refractivity (Wildman–Crippen MR) is 67.9 cm³/mol. The van der Waals surface area contributed by atoms with Crippen LogP contribution in [-0.4, -0.2) is 35.3 Å². The number of nitrogens with zero attached hydrogens (tertiary/aromatic N) is 1. The van der Waals surface area contributed by atoms with Gasteiger partial charge in [0.1, 0.15) is 5.82 Å². The molecule has 4 heteroatoms. The van der Waals surface area contributed by atoms with Crippen molar-refractivity contribution in [3.63, 3.8) is 0 Å². The predicted octanol–water partition coefficient (Wildman–Crippen LogP) is 1.75. The van der Waals surface area contributed by atoms with E-state index < -0.39 is 0 Å². The molecule has 96 valence electrons. The zero-order chi connectivity index (χ0) is 12.1. The zero-order valence-electron chi connectivity index (χ0n) is 10.8. The van der Waals surface area contributed by atoms with E-state index in [1.165, 1.54) is 0 Å². The lowest BCUT2D eigenvalue weighted by Gasteiger charge is -2.27. The van der Waals surface area contributed by atoms with E-state index in [1.807, 2.05) is 12.4 Å². The van der Waals surface area contributed by atoms with Gasteiger partial charge in [0.25, 0.3) is 0 Å². The van der Waals surface area contributed by atoms with Crippen molar-refractivity contribution in [1.82, 2.24) is 15.3 Å². The molecule has 1 saturated heterocycles. The van der Waals surface area contributed by atoms with Gasteiger partial charge in [0, 0.05) is 37.4 Å². The highest BCUT2D eigenvalue weighted by molar-refractivity contribution is 4.96. The van der Waals surface area contributed by atoms with Gasteiger partial charge in [-0.05, 0) is 19.4 Å². The molecule has 1 aliphatic rings. The van der Waals surface area contributed by atoms with Gasteiger partial charge in [0.2, 0.25) is 0 Å². The summed E-state index contributed by atoms with van der Waals surface area (Å²) in [6.45, 7) is 6.27. The van der Waals surface area contributed by atoms with Gasteiger partial charge in [-0.1, -0.05) is 13.8 Å². The van der Waals surface area contributed by atoms with Crippen molar-refractivity contribution < 1.29 is 4.74 Å². The minimum atomic E-state index is 0.411. The molecule has 0 aromatic carbocycles. The molecule has 3 unspecified atom stereocenters. The third-order valence-electron chi connectivity index (χ3n) is 3.61. The Morgan fingerprint density at radius 1 is 1.59 bits per heavy atom. The Kier molecular flexibility index (Phi) is 4.57. The number of likely N-dealkylation sites (N-methyl/N-ethyl adjacent to an activating group) is 1. The number of rotatable bonds is 6. The molecule has 0 spiro atoms. The van der Waals surface area contributed by atoms with Gasteiger partial charge in [0.05, 0.1) is 6.10 Å². The number of nitrogens with one attached hydrogen (secondary N) is 2. The van der Waals surface area contributed by atoms with Gasteiger partial charge in [-0.15, -0.1) is 0 Å². The molecular formula is C13H23N3O. The van der Waals surface area contributed by atoms with Crippen LogP contribution in [0.25, 0.3) is 0 Å². The Labute approximate surface area is 103 Å². The summed E-state index contributed by atoms with van der Waals surface area (Å²) in [5, 5.41) is 3.59. The van der Waals surface area contributed by atoms with E-state index in [4.69, 9.17) is 4.74 Å². The lowest BCUT2D eigenvalue weighted by atomic mass is 9.89. The summed E-state index contributed by atoms with van der Waals surface area (Å²) >= 11 is 0. The molecule has 4 nitrogen and oxygen atoms in total. The normalized spacial score (nSPS) is 26.2. The molecule has 0 aliphatic carbocycles. The second-order valence-electron chi connectivity index (χ2n) is 4.67. The van der Waals surface area contributed by atoms with Crippen molar-refractivity contribution in [3.05, 3.63) is 18.2 Å². The van der Waals surface area contributed by atoms with Crippen molar-refractivity contribution >= 4 is 0 Å². The average molecular weight is 237 g/mol. The SMILES string of the molecule is CCNC(Cc1ncc[nH]1)C1CCOC1CC. The quantitative estimate of drug-likeness (QED) is 0.792. The smallest absolute Gasteiger partial charge is 0.107 e. The first-order valence-corrected chi connectivity index (χ1v) is 6.68. The fourth-order valence-corrected chi connectivity index (χ4v) is 2.80. The van der Waals surface area contributed by atoms with Crippen LogP contribution in [0.2, 0.25) is 0 Å². The van der Waals surface area contributed by atoms with Crippen LogP contribution in [0, 0.1) is 5.92 Å². The molecule has 1 aromatic heterocycles. The first-order chi connectivity index (χ1) is 8.35. The summed E-state index contributed by atoms with van der Waals surface area (Å²) in [6, 6.07) is 0.471. The van der Waals surface area contributed by atoms with E-state index in [0.29, 0.717) is 18.1 Å². The van der Waals surface area contributed by atoms with E-state index >= 15 is 0 Å². The number of ether oxygens (including phenoxy) is 1. The van der Waals surface area contributed by atoms with Crippen LogP contribution < -0.4 is 5.32 Å². The second kappa shape index (κ2) is 6.17. The highest BCUT2D eigenvalue weighted by Gasteiger charge is 2.33. The fraction of sp³-hybridized carbons (Fsp3) is 0.769. The number of aromatic nitrogens is 2. The largest absolute Gasteiger partial charge is 0.378 e. The third kappa shape index (κ3) is 3.07. The molecule has 2 rings (SSSR count). The lowest BCUT2D eigenvalue weighted by Crippen LogP contribution is -2.41. The highest BCUT2D eigenvalue weighted by atomic mass is 16.5. The standard InChI is InChI=1S/C13H23N3O/c1-3-12-10(5-8-17-12)11(14-4-2)9-13-15-6-7-16-13/h6-7,10-12,14H,3-5,8-9H2,1-2H3,(H,15,16). The summed E-state index contributed by atoms with van der Waals surface area (Å²) < 4.78 is 5.79. The monoisotopic (exact) mass is 237 g/mol. The van der Waals surface area contributed by atoms with Crippen molar-refractivity contribution in [3.8, 4) is 0 Å². The van der Waals surface area contributed by atoms with E-state index in [0.717, 1.165) is 38.2 Å². The summed E-state index contributed by atoms with van der Waals surface area (Å²) in [7, 11) is 0. The van der Waals surface area contributed by atoms with Crippen LogP contribution in [0.1, 0.15) is 32.5 Å². The molecule has 0 bridgehead atoms. The molecule has 0 amide bonds. The topological polar surface area (TPSA) is 49.9 Å². The number of imidazole rings is 1. The van der Waals surface area contributed by atoms with E-state index in [1.54, 1.807) is 0 Å². The highest BCUT2D eigenvalue weighted by Crippen LogP contribution is 2.27. The average Bonchev–Trinajstić information content (AvgIpc) is 2.98. The lowest BCUT2D eigenvalue weighted by molar-refractivity contribution is 0.0774. The minimum Gasteiger partial charge on any atom is -0.378 e. The van der Waals surface area contributed by atoms with Crippen LogP contribution >= 0.6 is 0 Å². The number of H-pyrrole nitrogens is 1. The number of hydrogen-bond acceptors (Lipinski definition) is 3. The second-order valence-corrected chi connectivity index (χ2v) is 4.67. The summed E-state index contributed by atoms with van der Waals surface area (Å²) in [4.78, 5) is 7.51. The van der Waals surface area contributed by atoms with Crippen molar-refractivity contribution in [2.45, 2.75) is 45.3 Å². The molecule has 0 saturated carbocycles. The van der Waals surface area contributed by atoms with Crippen LogP contribution in [-0.2, 0) is 11.2 Å². The zero-order valence-corrected chi connectivity index (χ0v) is 10.8. The van der Waals surface area contributed by atoms with E-state index in [2.05, 4.69) is 29.1 Å². The number of hydrogen-bond donors (Lipinski definition) is 2. The Morgan fingerprint density at radius 2 is 2.47 bits per heavy atom. The van der Waals surface area contributed by atoms with Crippen molar-refractivity contribution in [2.24, 2.45) is 5.92 Å². The first kappa shape index (κ1) is 12.6. The Morgan fingerprint density at radius 3 is 3.12 bits per heavy atom. The molecule has 2 heterocycles. The maximum absolute atomic E-state index is 5.79. The van der Waals surface area contributed by atoms with Crippen LogP contribution in [0.3, 0.4) is 0 Å². The van der Waals surface area contributed by atoms with Crippen LogP contribution in [0.15, 0.2) is 12.4 Å². The maximum atomic E-state index is 5.79. The summed E-state index contributed by atoms with van der Waals surface area (Å²) in [5.41, 5.74) is 0. The molecule has 17 heavy (non-hydrogen) atoms. The van der Waals surface area contributed by atoms with E-state index in [-0.39, 0.29) is 0 Å². The van der Waals surface area contributed by atoms with Crippen molar-refractivity contribution in [1.29, 1.82) is 0 Å². The van der Waals surface area contributed by atoms with Gasteiger partial charge in [-0.25, -0.2) is 4.98 Å². The molecule has 2 N–H and O–H groups in total. The minimum absolute atomic E-state index is 0.411. The van der Waals surface area contributed by atoms with Crippen LogP contribution in [0.4, 0.5) is 0 Å². The van der Waals surface area contributed by atoms with Gasteiger partial charge < -0.3 is 15.0 Å². The van der Waals surface area contributed by atoms with E-state index in [9.17, 15) is 0 Å². The van der Waals surface area contributed by atoms with Gasteiger partial charge in [0.15, 0.2) is 0 Å². The number of aromatic amines is 1. The summed E-state index contributed by atoms with van der Waals surface area (Å²) in [6.07, 6.45) is 7.35. The molecular weight excluding hydrogens is 214 g/mol. The maximum Gasteiger partial charge on any atom is 0.107 e. The molecule has 1 aliphatic heterocycles. The Hall–Kier alpha value is -0.870. The van der Waals surface area contributed by atoms with Crippen molar-refractivity contribution in [2.75, 3.05) is 13.2 Å². The Bertz CT molecular complexity index is 312. The molecule has 3 atom stereocenters. The van der Waals surface area contributed by atoms with Gasteiger partial charge in [-0.3, -0.25) is 0 Å². The van der Waals surface area contributed by atoms with Crippen LogP contribution in [0.5, 0.6) is 0 Å². The van der Waals surface area contributed by atoms with Gasteiger partial charge >= 0.3 is 0 Å². The van der Waals surface area contributed by atoms with Gasteiger partial charge in [-0.2, -0.15) is 0 Å². The molecule has 1 aromatic rings. The first-order valence-electron chi connectivity index (χ1n) is 6.68.